The molecule has 0 spiro atoms. The molecule has 0 saturated heterocycles. The van der Waals surface area contributed by atoms with Crippen molar-refractivity contribution in [3.05, 3.63) is 64.1 Å². The highest BCUT2D eigenvalue weighted by Gasteiger charge is 2.29. The fourth-order valence-corrected chi connectivity index (χ4v) is 4.97. The molecule has 3 atom stereocenters. The van der Waals surface area contributed by atoms with Gasteiger partial charge in [0, 0.05) is 24.2 Å². The van der Waals surface area contributed by atoms with Crippen LogP contribution in [-0.2, 0) is 23.0 Å². The monoisotopic (exact) mass is 444 g/mol. The van der Waals surface area contributed by atoms with Crippen LogP contribution in [0.15, 0.2) is 47.3 Å². The van der Waals surface area contributed by atoms with E-state index in [1.54, 1.807) is 16.7 Å². The van der Waals surface area contributed by atoms with Crippen molar-refractivity contribution in [2.45, 2.75) is 50.9 Å². The lowest BCUT2D eigenvalue weighted by molar-refractivity contribution is 0.119. The summed E-state index contributed by atoms with van der Waals surface area (Å²) < 4.78 is 27.5. The molecule has 31 heavy (non-hydrogen) atoms. The SMILES string of the molecule is CC(CCc1ccccc1NS(C)(=O)=O)NC1CCn2c(=O)[nH]c3cccc(c32)C1O. The summed E-state index contributed by atoms with van der Waals surface area (Å²) in [4.78, 5) is 15.1. The van der Waals surface area contributed by atoms with E-state index < -0.39 is 16.1 Å². The smallest absolute Gasteiger partial charge is 0.326 e. The molecule has 3 unspecified atom stereocenters. The largest absolute Gasteiger partial charge is 0.387 e. The molecule has 0 aliphatic carbocycles. The Morgan fingerprint density at radius 3 is 2.77 bits per heavy atom. The number of H-pyrrole nitrogens is 1. The van der Waals surface area contributed by atoms with Gasteiger partial charge in [-0.15, -0.1) is 0 Å². The van der Waals surface area contributed by atoms with Crippen molar-refractivity contribution >= 4 is 26.7 Å². The van der Waals surface area contributed by atoms with Crippen molar-refractivity contribution in [2.24, 2.45) is 0 Å². The maximum atomic E-state index is 12.3. The molecule has 4 N–H and O–H groups in total. The molecule has 1 aliphatic heterocycles. The second-order valence-electron chi connectivity index (χ2n) is 8.30. The van der Waals surface area contributed by atoms with E-state index in [-0.39, 0.29) is 17.8 Å². The molecule has 3 aromatic rings. The van der Waals surface area contributed by atoms with Crippen LogP contribution < -0.4 is 15.7 Å². The minimum Gasteiger partial charge on any atom is -0.387 e. The number of aliphatic hydroxyl groups is 1. The number of hydrogen-bond donors (Lipinski definition) is 4. The summed E-state index contributed by atoms with van der Waals surface area (Å²) in [6.07, 6.45) is 2.49. The Kier molecular flexibility index (Phi) is 5.92. The van der Waals surface area contributed by atoms with E-state index in [4.69, 9.17) is 0 Å². The number of aromatic amines is 1. The molecule has 0 radical (unpaired) electrons. The molecule has 0 bridgehead atoms. The second kappa shape index (κ2) is 8.49. The Morgan fingerprint density at radius 1 is 1.23 bits per heavy atom. The molecule has 2 heterocycles. The lowest BCUT2D eigenvalue weighted by Crippen LogP contribution is -2.41. The van der Waals surface area contributed by atoms with E-state index in [1.807, 2.05) is 30.3 Å². The lowest BCUT2D eigenvalue weighted by Gasteiger charge is -2.27. The van der Waals surface area contributed by atoms with E-state index in [0.29, 0.717) is 25.1 Å². The Labute approximate surface area is 181 Å². The third-order valence-corrected chi connectivity index (χ3v) is 6.44. The number of hydrogen-bond acceptors (Lipinski definition) is 5. The van der Waals surface area contributed by atoms with Gasteiger partial charge < -0.3 is 15.4 Å². The molecule has 8 nitrogen and oxygen atoms in total. The van der Waals surface area contributed by atoms with Crippen LogP contribution in [0.4, 0.5) is 5.69 Å². The van der Waals surface area contributed by atoms with Crippen molar-refractivity contribution in [1.29, 1.82) is 0 Å². The van der Waals surface area contributed by atoms with Crippen molar-refractivity contribution in [3.63, 3.8) is 0 Å². The number of imidazole rings is 1. The van der Waals surface area contributed by atoms with Gasteiger partial charge in [-0.05, 0) is 43.9 Å². The first-order valence-electron chi connectivity index (χ1n) is 10.4. The summed E-state index contributed by atoms with van der Waals surface area (Å²) in [6.45, 7) is 2.58. The normalized spacial score (nSPS) is 19.8. The molecule has 0 saturated carbocycles. The summed E-state index contributed by atoms with van der Waals surface area (Å²) >= 11 is 0. The van der Waals surface area contributed by atoms with Crippen molar-refractivity contribution in [2.75, 3.05) is 11.0 Å². The van der Waals surface area contributed by atoms with Crippen LogP contribution in [-0.4, -0.2) is 41.4 Å². The molecule has 1 aromatic heterocycles. The van der Waals surface area contributed by atoms with Crippen LogP contribution in [0.1, 0.15) is 37.0 Å². The first-order chi connectivity index (χ1) is 14.7. The highest BCUT2D eigenvalue weighted by molar-refractivity contribution is 7.92. The summed E-state index contributed by atoms with van der Waals surface area (Å²) in [5, 5.41) is 14.6. The number of sulfonamides is 1. The van der Waals surface area contributed by atoms with E-state index in [2.05, 4.69) is 21.9 Å². The van der Waals surface area contributed by atoms with Gasteiger partial charge >= 0.3 is 5.69 Å². The van der Waals surface area contributed by atoms with Crippen LogP contribution in [0, 0.1) is 0 Å². The molecule has 0 fully saturated rings. The standard InChI is InChI=1S/C22H28N4O4S/c1-14(10-11-15-6-3-4-8-17(15)25-31(2,29)30)23-19-12-13-26-20-16(21(19)27)7-5-9-18(20)24-22(26)28/h3-9,14,19,21,23,25,27H,10-13H2,1-2H3,(H,24,28). The van der Waals surface area contributed by atoms with Gasteiger partial charge in [0.1, 0.15) is 0 Å². The predicted molar refractivity (Wildman–Crippen MR) is 122 cm³/mol. The number of para-hydroxylation sites is 2. The average Bonchev–Trinajstić information content (AvgIpc) is 2.96. The molecule has 9 heteroatoms. The zero-order valence-electron chi connectivity index (χ0n) is 17.6. The highest BCUT2D eigenvalue weighted by atomic mass is 32.2. The summed E-state index contributed by atoms with van der Waals surface area (Å²) in [5.74, 6) is 0. The molecule has 166 valence electrons. The third kappa shape index (κ3) is 4.68. The molecule has 2 aromatic carbocycles. The number of anilines is 1. The highest BCUT2D eigenvalue weighted by Crippen LogP contribution is 2.30. The number of nitrogens with zero attached hydrogens (tertiary/aromatic N) is 1. The van der Waals surface area contributed by atoms with Crippen LogP contribution in [0.25, 0.3) is 11.0 Å². The Hall–Kier alpha value is -2.62. The fraction of sp³-hybridized carbons (Fsp3) is 0.409. The zero-order chi connectivity index (χ0) is 22.2. The topological polar surface area (TPSA) is 116 Å². The minimum atomic E-state index is -3.34. The van der Waals surface area contributed by atoms with E-state index in [1.165, 1.54) is 0 Å². The second-order valence-corrected chi connectivity index (χ2v) is 10.1. The van der Waals surface area contributed by atoms with Crippen LogP contribution in [0.5, 0.6) is 0 Å². The quantitative estimate of drug-likeness (QED) is 0.445. The molecular formula is C22H28N4O4S. The summed E-state index contributed by atoms with van der Waals surface area (Å²) in [5.41, 5.74) is 3.63. The third-order valence-electron chi connectivity index (χ3n) is 5.85. The van der Waals surface area contributed by atoms with E-state index in [9.17, 15) is 18.3 Å². The van der Waals surface area contributed by atoms with Crippen LogP contribution >= 0.6 is 0 Å². The van der Waals surface area contributed by atoms with Gasteiger partial charge in [0.15, 0.2) is 0 Å². The van der Waals surface area contributed by atoms with Crippen molar-refractivity contribution in [1.82, 2.24) is 14.9 Å². The Balaban J connectivity index is 1.45. The summed E-state index contributed by atoms with van der Waals surface area (Å²) in [6, 6.07) is 12.8. The number of aryl methyl sites for hydroxylation is 2. The fourth-order valence-electron chi connectivity index (χ4n) is 4.38. The minimum absolute atomic E-state index is 0.0842. The van der Waals surface area contributed by atoms with Crippen molar-refractivity contribution < 1.29 is 13.5 Å². The number of nitrogens with one attached hydrogen (secondary N) is 3. The van der Waals surface area contributed by atoms with Gasteiger partial charge in [-0.1, -0.05) is 30.3 Å². The molecule has 0 amide bonds. The van der Waals surface area contributed by atoms with E-state index in [0.717, 1.165) is 34.8 Å². The Bertz CT molecular complexity index is 1250. The first-order valence-corrected chi connectivity index (χ1v) is 12.3. The Morgan fingerprint density at radius 2 is 2.00 bits per heavy atom. The van der Waals surface area contributed by atoms with Crippen LogP contribution in [0.3, 0.4) is 0 Å². The number of rotatable bonds is 7. The maximum absolute atomic E-state index is 12.3. The number of benzene rings is 2. The van der Waals surface area contributed by atoms with Crippen molar-refractivity contribution in [3.8, 4) is 0 Å². The van der Waals surface area contributed by atoms with Gasteiger partial charge in [-0.2, -0.15) is 0 Å². The van der Waals surface area contributed by atoms with Gasteiger partial charge in [0.25, 0.3) is 0 Å². The zero-order valence-corrected chi connectivity index (χ0v) is 18.4. The van der Waals surface area contributed by atoms with E-state index >= 15 is 0 Å². The van der Waals surface area contributed by atoms with Gasteiger partial charge in [-0.3, -0.25) is 9.29 Å². The van der Waals surface area contributed by atoms with Gasteiger partial charge in [-0.25, -0.2) is 13.2 Å². The summed E-state index contributed by atoms with van der Waals surface area (Å²) in [7, 11) is -3.34. The predicted octanol–water partition coefficient (Wildman–Crippen LogP) is 2.12. The maximum Gasteiger partial charge on any atom is 0.326 e. The molecule has 1 aliphatic rings. The number of aromatic nitrogens is 2. The first kappa shape index (κ1) is 21.6. The number of aliphatic hydroxyl groups excluding tert-OH is 1. The van der Waals surface area contributed by atoms with Gasteiger partial charge in [0.05, 0.1) is 29.1 Å². The van der Waals surface area contributed by atoms with Gasteiger partial charge in [0.2, 0.25) is 10.0 Å². The molecular weight excluding hydrogens is 416 g/mol. The lowest BCUT2D eigenvalue weighted by atomic mass is 9.98. The van der Waals surface area contributed by atoms with Crippen LogP contribution in [0.2, 0.25) is 0 Å². The average molecular weight is 445 g/mol. The molecule has 4 rings (SSSR count).